The van der Waals surface area contributed by atoms with E-state index >= 15 is 0 Å². The molecule has 3 nitrogen and oxygen atoms in total. The van der Waals surface area contributed by atoms with Crippen LogP contribution < -0.4 is 4.73 Å². The Morgan fingerprint density at radius 3 is 2.60 bits per heavy atom. The average molecular weight is 141 g/mol. The number of aliphatic hydroxyl groups excluding tert-OH is 1. The Morgan fingerprint density at radius 1 is 1.50 bits per heavy atom. The standard InChI is InChI=1S/C6H7NO2.CH4/c8-5-6-3-1-2-4-7(6)9;/h1-4,8H,5H2;1H4. The van der Waals surface area contributed by atoms with Crippen molar-refractivity contribution in [2.24, 2.45) is 0 Å². The molecule has 0 aliphatic heterocycles. The maximum atomic E-state index is 10.6. The number of pyridine rings is 1. The fourth-order valence-corrected chi connectivity index (χ4v) is 0.586. The normalized spacial score (nSPS) is 8.50. The van der Waals surface area contributed by atoms with E-state index in [1.807, 2.05) is 0 Å². The molecular weight excluding hydrogens is 130 g/mol. The second kappa shape index (κ2) is 3.85. The van der Waals surface area contributed by atoms with Crippen LogP contribution in [-0.2, 0) is 6.61 Å². The van der Waals surface area contributed by atoms with Gasteiger partial charge in [-0.1, -0.05) is 7.43 Å². The van der Waals surface area contributed by atoms with Crippen LogP contribution in [0.15, 0.2) is 24.4 Å². The molecule has 0 aromatic carbocycles. The fourth-order valence-electron chi connectivity index (χ4n) is 0.586. The zero-order valence-corrected chi connectivity index (χ0v) is 4.82. The van der Waals surface area contributed by atoms with Crippen LogP contribution in [0.3, 0.4) is 0 Å². The van der Waals surface area contributed by atoms with E-state index in [4.69, 9.17) is 5.11 Å². The Hall–Kier alpha value is -1.09. The number of rotatable bonds is 1. The molecule has 1 aromatic heterocycles. The SMILES string of the molecule is C.[O-][n+]1ccccc1CO. The van der Waals surface area contributed by atoms with Crippen molar-refractivity contribution in [1.29, 1.82) is 0 Å². The lowest BCUT2D eigenvalue weighted by molar-refractivity contribution is -0.616. The maximum absolute atomic E-state index is 10.6. The largest absolute Gasteiger partial charge is 0.618 e. The van der Waals surface area contributed by atoms with E-state index in [-0.39, 0.29) is 14.0 Å². The first-order chi connectivity index (χ1) is 4.34. The van der Waals surface area contributed by atoms with Gasteiger partial charge in [0.25, 0.3) is 0 Å². The molecule has 1 N–H and O–H groups in total. The molecular formula is C7H11NO2. The molecule has 0 amide bonds. The zero-order chi connectivity index (χ0) is 6.69. The highest BCUT2D eigenvalue weighted by atomic mass is 16.5. The molecule has 0 saturated heterocycles. The fraction of sp³-hybridized carbons (Fsp3) is 0.286. The zero-order valence-electron chi connectivity index (χ0n) is 4.82. The van der Waals surface area contributed by atoms with E-state index in [2.05, 4.69) is 0 Å². The van der Waals surface area contributed by atoms with Gasteiger partial charge in [0.1, 0.15) is 6.61 Å². The molecule has 1 heterocycles. The summed E-state index contributed by atoms with van der Waals surface area (Å²) in [5, 5.41) is 19.1. The Bertz CT molecular complexity index is 201. The molecule has 1 rings (SSSR count). The summed E-state index contributed by atoms with van der Waals surface area (Å²) >= 11 is 0. The summed E-state index contributed by atoms with van der Waals surface area (Å²) in [5.74, 6) is 0. The first-order valence-corrected chi connectivity index (χ1v) is 2.62. The van der Waals surface area contributed by atoms with Crippen LogP contribution in [-0.4, -0.2) is 5.11 Å². The van der Waals surface area contributed by atoms with E-state index in [0.29, 0.717) is 10.4 Å². The highest BCUT2D eigenvalue weighted by Crippen LogP contribution is 1.87. The van der Waals surface area contributed by atoms with Crippen molar-refractivity contribution in [2.75, 3.05) is 0 Å². The van der Waals surface area contributed by atoms with Gasteiger partial charge in [0, 0.05) is 12.1 Å². The van der Waals surface area contributed by atoms with Crippen molar-refractivity contribution in [3.8, 4) is 0 Å². The third-order valence-corrected chi connectivity index (χ3v) is 1.07. The molecule has 56 valence electrons. The monoisotopic (exact) mass is 141 g/mol. The first kappa shape index (κ1) is 8.91. The van der Waals surface area contributed by atoms with Crippen molar-refractivity contribution in [1.82, 2.24) is 0 Å². The predicted molar refractivity (Wildman–Crippen MR) is 38.1 cm³/mol. The van der Waals surface area contributed by atoms with E-state index in [0.717, 1.165) is 0 Å². The van der Waals surface area contributed by atoms with Crippen LogP contribution >= 0.6 is 0 Å². The summed E-state index contributed by atoms with van der Waals surface area (Å²) in [5.41, 5.74) is 0.373. The summed E-state index contributed by atoms with van der Waals surface area (Å²) in [4.78, 5) is 0. The van der Waals surface area contributed by atoms with Crippen LogP contribution in [0.4, 0.5) is 0 Å². The van der Waals surface area contributed by atoms with Crippen molar-refractivity contribution in [3.05, 3.63) is 35.3 Å². The summed E-state index contributed by atoms with van der Waals surface area (Å²) in [6.45, 7) is -0.204. The highest BCUT2D eigenvalue weighted by Gasteiger charge is 1.97. The van der Waals surface area contributed by atoms with E-state index < -0.39 is 0 Å². The third-order valence-electron chi connectivity index (χ3n) is 1.07. The summed E-state index contributed by atoms with van der Waals surface area (Å²) in [6, 6.07) is 4.90. The van der Waals surface area contributed by atoms with Crippen molar-refractivity contribution < 1.29 is 9.84 Å². The third kappa shape index (κ3) is 1.70. The smallest absolute Gasteiger partial charge is 0.218 e. The first-order valence-electron chi connectivity index (χ1n) is 2.62. The van der Waals surface area contributed by atoms with Gasteiger partial charge in [0.2, 0.25) is 5.69 Å². The van der Waals surface area contributed by atoms with E-state index in [9.17, 15) is 5.21 Å². The van der Waals surface area contributed by atoms with Gasteiger partial charge in [-0.3, -0.25) is 0 Å². The van der Waals surface area contributed by atoms with Gasteiger partial charge in [0.15, 0.2) is 6.20 Å². The summed E-state index contributed by atoms with van der Waals surface area (Å²) < 4.78 is 0.639. The lowest BCUT2D eigenvalue weighted by Gasteiger charge is -1.97. The van der Waals surface area contributed by atoms with Crippen LogP contribution in [0.1, 0.15) is 13.1 Å². The van der Waals surface area contributed by atoms with Crippen LogP contribution in [0.5, 0.6) is 0 Å². The molecule has 3 heteroatoms. The molecule has 0 spiro atoms. The maximum Gasteiger partial charge on any atom is 0.218 e. The van der Waals surface area contributed by atoms with Gasteiger partial charge in [0.05, 0.1) is 0 Å². The van der Waals surface area contributed by atoms with Crippen LogP contribution in [0.2, 0.25) is 0 Å². The molecule has 0 radical (unpaired) electrons. The quantitative estimate of drug-likeness (QED) is 0.456. The minimum absolute atomic E-state index is 0. The topological polar surface area (TPSA) is 47.2 Å². The Kier molecular flexibility index (Phi) is 3.43. The Morgan fingerprint density at radius 2 is 2.20 bits per heavy atom. The molecule has 0 bridgehead atoms. The van der Waals surface area contributed by atoms with Crippen molar-refractivity contribution >= 4 is 0 Å². The minimum atomic E-state index is -0.204. The molecule has 0 unspecified atom stereocenters. The van der Waals surface area contributed by atoms with Crippen molar-refractivity contribution in [3.63, 3.8) is 0 Å². The number of nitrogens with zero attached hydrogens (tertiary/aromatic N) is 1. The average Bonchev–Trinajstić information content (AvgIpc) is 1.89. The van der Waals surface area contributed by atoms with Crippen LogP contribution in [0, 0.1) is 5.21 Å². The molecule has 0 aliphatic rings. The molecule has 0 aliphatic carbocycles. The van der Waals surface area contributed by atoms with Crippen LogP contribution in [0.25, 0.3) is 0 Å². The van der Waals surface area contributed by atoms with Gasteiger partial charge in [-0.15, -0.1) is 0 Å². The molecule has 0 fully saturated rings. The summed E-state index contributed by atoms with van der Waals surface area (Å²) in [6.07, 6.45) is 1.35. The van der Waals surface area contributed by atoms with Gasteiger partial charge in [-0.2, -0.15) is 4.73 Å². The number of hydrogen-bond donors (Lipinski definition) is 1. The second-order valence-corrected chi connectivity index (χ2v) is 1.68. The van der Waals surface area contributed by atoms with Gasteiger partial charge in [-0.25, -0.2) is 0 Å². The molecule has 1 aromatic rings. The van der Waals surface area contributed by atoms with Gasteiger partial charge >= 0.3 is 0 Å². The number of aliphatic hydroxyl groups is 1. The van der Waals surface area contributed by atoms with E-state index in [1.54, 1.807) is 18.2 Å². The molecule has 0 atom stereocenters. The number of aromatic nitrogens is 1. The second-order valence-electron chi connectivity index (χ2n) is 1.68. The lowest BCUT2D eigenvalue weighted by atomic mass is 10.4. The Labute approximate surface area is 60.1 Å². The van der Waals surface area contributed by atoms with Gasteiger partial charge in [-0.05, 0) is 6.07 Å². The minimum Gasteiger partial charge on any atom is -0.618 e. The highest BCUT2D eigenvalue weighted by molar-refractivity contribution is 4.95. The Balaban J connectivity index is 0.000000810. The molecule has 10 heavy (non-hydrogen) atoms. The van der Waals surface area contributed by atoms with Crippen molar-refractivity contribution in [2.45, 2.75) is 14.0 Å². The number of hydrogen-bond acceptors (Lipinski definition) is 2. The predicted octanol–water partition coefficient (Wildman–Crippen LogP) is 0.448. The molecule has 0 saturated carbocycles. The van der Waals surface area contributed by atoms with Gasteiger partial charge < -0.3 is 10.3 Å². The lowest BCUT2D eigenvalue weighted by Crippen LogP contribution is -2.30. The summed E-state index contributed by atoms with van der Waals surface area (Å²) in [7, 11) is 0. The van der Waals surface area contributed by atoms with E-state index in [1.165, 1.54) is 6.20 Å².